The molecule has 2 aliphatic heterocycles. The molecule has 35 heavy (non-hydrogen) atoms. The molecule has 3 aromatic rings. The lowest BCUT2D eigenvalue weighted by atomic mass is 9.84. The minimum absolute atomic E-state index is 0.0693. The van der Waals surface area contributed by atoms with Crippen molar-refractivity contribution in [3.63, 3.8) is 0 Å². The molecule has 5 rings (SSSR count). The summed E-state index contributed by atoms with van der Waals surface area (Å²) in [5.74, 6) is -0.313. The van der Waals surface area contributed by atoms with Gasteiger partial charge in [-0.05, 0) is 31.4 Å². The standard InChI is InChI=1S/C25H29N7O2S/c1-15-18(6-5-7-26-15)21-11-32-24(35-21)19(10-28-32)23(34)30-20-8-17(9-27-16(20)2)29-22(33)12-31-13-25(3,4)14-31/h5-11,16,27H,12-14H2,1-4H3,(H,29,33)(H,30,34). The van der Waals surface area contributed by atoms with Crippen LogP contribution >= 0.6 is 11.3 Å². The number of dihydropyridines is 1. The molecule has 3 aromatic heterocycles. The van der Waals surface area contributed by atoms with Gasteiger partial charge in [0.15, 0.2) is 0 Å². The van der Waals surface area contributed by atoms with Gasteiger partial charge in [-0.15, -0.1) is 11.3 Å². The van der Waals surface area contributed by atoms with Gasteiger partial charge in [-0.1, -0.05) is 19.9 Å². The zero-order valence-electron chi connectivity index (χ0n) is 20.3. The molecule has 0 aromatic carbocycles. The monoisotopic (exact) mass is 491 g/mol. The fraction of sp³-hybridized carbons (Fsp3) is 0.360. The Hall–Kier alpha value is -3.50. The van der Waals surface area contributed by atoms with Crippen molar-refractivity contribution >= 4 is 28.0 Å². The molecule has 2 aliphatic rings. The molecule has 0 bridgehead atoms. The van der Waals surface area contributed by atoms with E-state index in [1.807, 2.05) is 32.2 Å². The van der Waals surface area contributed by atoms with Gasteiger partial charge in [0.2, 0.25) is 5.91 Å². The number of carbonyl (C=O) groups is 2. The summed E-state index contributed by atoms with van der Waals surface area (Å²) >= 11 is 1.50. The Morgan fingerprint density at radius 2 is 2.09 bits per heavy atom. The van der Waals surface area contributed by atoms with Crippen molar-refractivity contribution in [3.8, 4) is 10.4 Å². The third-order valence-corrected chi connectivity index (χ3v) is 7.34. The van der Waals surface area contributed by atoms with E-state index in [0.29, 0.717) is 23.5 Å². The van der Waals surface area contributed by atoms with Crippen LogP contribution in [0, 0.1) is 12.3 Å². The topological polar surface area (TPSA) is 104 Å². The van der Waals surface area contributed by atoms with Gasteiger partial charge >= 0.3 is 0 Å². The number of amides is 2. The van der Waals surface area contributed by atoms with Gasteiger partial charge in [-0.25, -0.2) is 4.52 Å². The maximum atomic E-state index is 13.2. The van der Waals surface area contributed by atoms with Crippen molar-refractivity contribution in [2.24, 2.45) is 5.41 Å². The van der Waals surface area contributed by atoms with Crippen molar-refractivity contribution in [2.45, 2.75) is 33.7 Å². The van der Waals surface area contributed by atoms with Crippen molar-refractivity contribution < 1.29 is 9.59 Å². The number of hydrogen-bond donors (Lipinski definition) is 3. The van der Waals surface area contributed by atoms with Crippen LogP contribution in [0.25, 0.3) is 15.3 Å². The van der Waals surface area contributed by atoms with Crippen molar-refractivity contribution in [1.29, 1.82) is 0 Å². The molecule has 0 radical (unpaired) electrons. The number of thiazole rings is 1. The zero-order chi connectivity index (χ0) is 24.7. The second-order valence-electron chi connectivity index (χ2n) is 9.94. The van der Waals surface area contributed by atoms with E-state index >= 15 is 0 Å². The Kier molecular flexibility index (Phi) is 5.94. The summed E-state index contributed by atoms with van der Waals surface area (Å²) in [7, 11) is 0. The lowest BCUT2D eigenvalue weighted by molar-refractivity contribution is -0.124. The number of aryl methyl sites for hydroxylation is 1. The number of carbonyl (C=O) groups excluding carboxylic acids is 2. The number of pyridine rings is 1. The van der Waals surface area contributed by atoms with Crippen LogP contribution in [0.4, 0.5) is 0 Å². The van der Waals surface area contributed by atoms with Crippen LogP contribution in [-0.2, 0) is 4.79 Å². The number of likely N-dealkylation sites (tertiary alicyclic amines) is 1. The normalized spacial score (nSPS) is 19.4. The highest BCUT2D eigenvalue weighted by molar-refractivity contribution is 7.21. The fourth-order valence-corrected chi connectivity index (χ4v) is 5.68. The summed E-state index contributed by atoms with van der Waals surface area (Å²) in [6, 6.07) is 3.80. The van der Waals surface area contributed by atoms with Crippen molar-refractivity contribution in [1.82, 2.24) is 35.4 Å². The number of fused-ring (bicyclic) bond motifs is 1. The molecule has 1 saturated heterocycles. The highest BCUT2D eigenvalue weighted by Crippen LogP contribution is 2.32. The van der Waals surface area contributed by atoms with Gasteiger partial charge in [0.25, 0.3) is 5.91 Å². The molecule has 10 heteroatoms. The molecule has 2 amide bonds. The van der Waals surface area contributed by atoms with Gasteiger partial charge in [0.1, 0.15) is 4.83 Å². The minimum atomic E-state index is -0.244. The van der Waals surface area contributed by atoms with Crippen LogP contribution in [-0.4, -0.2) is 57.0 Å². The summed E-state index contributed by atoms with van der Waals surface area (Å²) in [5.41, 5.74) is 4.02. The Balaban J connectivity index is 1.28. The first-order chi connectivity index (χ1) is 16.7. The van der Waals surface area contributed by atoms with E-state index in [0.717, 1.165) is 34.1 Å². The number of hydrogen-bond acceptors (Lipinski definition) is 7. The maximum absolute atomic E-state index is 13.2. The highest BCUT2D eigenvalue weighted by Gasteiger charge is 2.34. The van der Waals surface area contributed by atoms with Gasteiger partial charge in [-0.3, -0.25) is 19.5 Å². The quantitative estimate of drug-likeness (QED) is 0.490. The molecular weight excluding hydrogens is 462 g/mol. The van der Waals surface area contributed by atoms with E-state index < -0.39 is 0 Å². The highest BCUT2D eigenvalue weighted by atomic mass is 32.1. The Labute approximate surface area is 207 Å². The molecule has 0 aliphatic carbocycles. The average molecular weight is 492 g/mol. The SMILES string of the molecule is Cc1ncccc1-c1cn2ncc(C(=O)NC3=CC(NC(=O)CN4CC(C)(C)C4)=CNC3C)c2s1. The van der Waals surface area contributed by atoms with Crippen LogP contribution in [0.1, 0.15) is 36.8 Å². The van der Waals surface area contributed by atoms with E-state index in [1.165, 1.54) is 11.3 Å². The predicted molar refractivity (Wildman–Crippen MR) is 136 cm³/mol. The number of aromatic nitrogens is 3. The van der Waals surface area contributed by atoms with Crippen LogP contribution in [0.5, 0.6) is 0 Å². The Morgan fingerprint density at radius 3 is 2.83 bits per heavy atom. The summed E-state index contributed by atoms with van der Waals surface area (Å²) in [5, 5.41) is 13.5. The lowest BCUT2D eigenvalue weighted by Gasteiger charge is -2.45. The fourth-order valence-electron chi connectivity index (χ4n) is 4.54. The molecular formula is C25H29N7O2S. The van der Waals surface area contributed by atoms with Crippen LogP contribution in [0.3, 0.4) is 0 Å². The number of nitrogens with one attached hydrogen (secondary N) is 3. The summed E-state index contributed by atoms with van der Waals surface area (Å²) in [6.45, 7) is 10.5. The third kappa shape index (κ3) is 4.85. The molecule has 0 saturated carbocycles. The first kappa shape index (κ1) is 23.3. The zero-order valence-corrected chi connectivity index (χ0v) is 21.1. The molecule has 1 unspecified atom stereocenters. The van der Waals surface area contributed by atoms with E-state index in [1.54, 1.807) is 29.2 Å². The minimum Gasteiger partial charge on any atom is -0.381 e. The predicted octanol–water partition coefficient (Wildman–Crippen LogP) is 2.67. The number of allylic oxidation sites excluding steroid dienone is 1. The van der Waals surface area contributed by atoms with Crippen LogP contribution in [0.15, 0.2) is 54.4 Å². The number of rotatable bonds is 6. The van der Waals surface area contributed by atoms with E-state index in [-0.39, 0.29) is 23.3 Å². The van der Waals surface area contributed by atoms with Crippen LogP contribution < -0.4 is 16.0 Å². The van der Waals surface area contributed by atoms with Gasteiger partial charge in [0, 0.05) is 48.6 Å². The van der Waals surface area contributed by atoms with Gasteiger partial charge < -0.3 is 16.0 Å². The molecule has 1 atom stereocenters. The Bertz CT molecular complexity index is 1360. The van der Waals surface area contributed by atoms with Gasteiger partial charge in [-0.2, -0.15) is 5.10 Å². The summed E-state index contributed by atoms with van der Waals surface area (Å²) in [4.78, 5) is 33.9. The van der Waals surface area contributed by atoms with E-state index in [2.05, 4.69) is 44.8 Å². The Morgan fingerprint density at radius 1 is 1.29 bits per heavy atom. The smallest absolute Gasteiger partial charge is 0.260 e. The molecule has 182 valence electrons. The second-order valence-corrected chi connectivity index (χ2v) is 11.0. The van der Waals surface area contributed by atoms with Gasteiger partial charge in [0.05, 0.1) is 34.9 Å². The summed E-state index contributed by atoms with van der Waals surface area (Å²) < 4.78 is 1.72. The molecule has 9 nitrogen and oxygen atoms in total. The summed E-state index contributed by atoms with van der Waals surface area (Å²) in [6.07, 6.45) is 8.82. The molecule has 3 N–H and O–H groups in total. The largest absolute Gasteiger partial charge is 0.381 e. The second kappa shape index (κ2) is 8.94. The first-order valence-corrected chi connectivity index (χ1v) is 12.4. The first-order valence-electron chi connectivity index (χ1n) is 11.6. The molecule has 0 spiro atoms. The van der Waals surface area contributed by atoms with Crippen molar-refractivity contribution in [2.75, 3.05) is 19.6 Å². The number of nitrogens with zero attached hydrogens (tertiary/aromatic N) is 4. The maximum Gasteiger partial charge on any atom is 0.260 e. The van der Waals surface area contributed by atoms with Crippen molar-refractivity contribution in [3.05, 3.63) is 65.7 Å². The molecule has 5 heterocycles. The van der Waals surface area contributed by atoms with E-state index in [9.17, 15) is 9.59 Å². The average Bonchev–Trinajstić information content (AvgIpc) is 3.36. The third-order valence-electron chi connectivity index (χ3n) is 6.19. The van der Waals surface area contributed by atoms with E-state index in [4.69, 9.17) is 0 Å². The lowest BCUT2D eigenvalue weighted by Crippen LogP contribution is -2.55. The molecule has 1 fully saturated rings. The van der Waals surface area contributed by atoms with Crippen LogP contribution in [0.2, 0.25) is 0 Å².